The number of nitrogens with one attached hydrogen (secondary N) is 1. The molecule has 1 aromatic carbocycles. The number of hydrogen-bond donors (Lipinski definition) is 1. The summed E-state index contributed by atoms with van der Waals surface area (Å²) in [6, 6.07) is 10.7. The summed E-state index contributed by atoms with van der Waals surface area (Å²) in [5.74, 6) is 1.79. The Hall–Kier alpha value is -1.98. The van der Waals surface area contributed by atoms with Gasteiger partial charge in [-0.05, 0) is 31.0 Å². The second-order valence-corrected chi connectivity index (χ2v) is 8.43. The molecule has 3 heterocycles. The van der Waals surface area contributed by atoms with E-state index in [-0.39, 0.29) is 24.0 Å². The highest BCUT2D eigenvalue weighted by Gasteiger charge is 2.21. The van der Waals surface area contributed by atoms with Crippen LogP contribution in [0.15, 0.2) is 47.7 Å². The molecule has 0 radical (unpaired) electrons. The smallest absolute Gasteiger partial charge is 0.225 e. The van der Waals surface area contributed by atoms with Gasteiger partial charge in [0.2, 0.25) is 5.95 Å². The van der Waals surface area contributed by atoms with Crippen LogP contribution >= 0.6 is 24.0 Å². The number of morpholine rings is 1. The molecule has 9 heteroatoms. The lowest BCUT2D eigenvalue weighted by Gasteiger charge is -2.36. The second-order valence-electron chi connectivity index (χ2n) is 8.43. The number of benzene rings is 1. The fourth-order valence-corrected chi connectivity index (χ4v) is 4.28. The van der Waals surface area contributed by atoms with Crippen LogP contribution in [0.1, 0.15) is 25.0 Å². The Morgan fingerprint density at radius 3 is 2.58 bits per heavy atom. The van der Waals surface area contributed by atoms with Crippen molar-refractivity contribution in [2.45, 2.75) is 33.0 Å². The molecule has 2 aromatic rings. The van der Waals surface area contributed by atoms with Gasteiger partial charge in [0.1, 0.15) is 0 Å². The molecule has 33 heavy (non-hydrogen) atoms. The van der Waals surface area contributed by atoms with Gasteiger partial charge in [0.05, 0.1) is 19.3 Å². The molecule has 1 N–H and O–H groups in total. The van der Waals surface area contributed by atoms with Crippen molar-refractivity contribution in [1.29, 1.82) is 0 Å². The topological polar surface area (TPSA) is 69.1 Å². The van der Waals surface area contributed by atoms with Crippen LogP contribution in [0.4, 0.5) is 5.95 Å². The van der Waals surface area contributed by atoms with Crippen molar-refractivity contribution in [3.63, 3.8) is 0 Å². The number of rotatable bonds is 6. The number of aromatic nitrogens is 2. The minimum absolute atomic E-state index is 0. The highest BCUT2D eigenvalue weighted by molar-refractivity contribution is 14.0. The summed E-state index contributed by atoms with van der Waals surface area (Å²) in [6.45, 7) is 13.2. The van der Waals surface area contributed by atoms with E-state index in [9.17, 15) is 0 Å². The molecule has 1 aromatic heterocycles. The van der Waals surface area contributed by atoms with Gasteiger partial charge in [-0.2, -0.15) is 0 Å². The number of piperazine rings is 1. The highest BCUT2D eigenvalue weighted by Crippen LogP contribution is 2.14. The molecule has 2 fully saturated rings. The van der Waals surface area contributed by atoms with Crippen molar-refractivity contribution < 1.29 is 4.74 Å². The molecule has 180 valence electrons. The molecular weight excluding hydrogens is 529 g/mol. The van der Waals surface area contributed by atoms with Crippen molar-refractivity contribution in [2.24, 2.45) is 4.99 Å². The summed E-state index contributed by atoms with van der Waals surface area (Å²) in [5, 5.41) is 3.47. The second kappa shape index (κ2) is 13.0. The van der Waals surface area contributed by atoms with Crippen LogP contribution < -0.4 is 10.2 Å². The summed E-state index contributed by atoms with van der Waals surface area (Å²) >= 11 is 0. The van der Waals surface area contributed by atoms with Gasteiger partial charge in [0.15, 0.2) is 5.96 Å². The Kier molecular flexibility index (Phi) is 10.1. The average molecular weight is 566 g/mol. The lowest BCUT2D eigenvalue weighted by molar-refractivity contribution is -0.0212. The molecule has 4 rings (SSSR count). The minimum atomic E-state index is 0. The maximum atomic E-state index is 5.67. The first-order valence-electron chi connectivity index (χ1n) is 11.7. The Labute approximate surface area is 214 Å². The molecule has 8 nitrogen and oxygen atoms in total. The third-order valence-corrected chi connectivity index (χ3v) is 5.88. The van der Waals surface area contributed by atoms with Crippen LogP contribution in [0, 0.1) is 0 Å². The molecule has 2 aliphatic heterocycles. The molecule has 1 atom stereocenters. The average Bonchev–Trinajstić information content (AvgIpc) is 2.83. The monoisotopic (exact) mass is 565 g/mol. The third kappa shape index (κ3) is 7.51. The summed E-state index contributed by atoms with van der Waals surface area (Å²) < 4.78 is 5.67. The number of ether oxygens (including phenoxy) is 1. The lowest BCUT2D eigenvalue weighted by Crippen LogP contribution is -2.52. The lowest BCUT2D eigenvalue weighted by atomic mass is 10.1. The van der Waals surface area contributed by atoms with Gasteiger partial charge in [0, 0.05) is 64.8 Å². The maximum absolute atomic E-state index is 5.67. The van der Waals surface area contributed by atoms with E-state index >= 15 is 0 Å². The highest BCUT2D eigenvalue weighted by atomic mass is 127. The van der Waals surface area contributed by atoms with E-state index in [4.69, 9.17) is 9.73 Å². The van der Waals surface area contributed by atoms with Crippen molar-refractivity contribution in [1.82, 2.24) is 25.1 Å². The zero-order valence-corrected chi connectivity index (χ0v) is 22.0. The fourth-order valence-electron chi connectivity index (χ4n) is 4.28. The Morgan fingerprint density at radius 1 is 1.09 bits per heavy atom. The van der Waals surface area contributed by atoms with E-state index in [1.165, 1.54) is 11.1 Å². The Balaban J connectivity index is 0.00000306. The summed E-state index contributed by atoms with van der Waals surface area (Å²) in [4.78, 5) is 20.7. The molecule has 1 unspecified atom stereocenters. The van der Waals surface area contributed by atoms with Crippen LogP contribution in [0.2, 0.25) is 0 Å². The van der Waals surface area contributed by atoms with Crippen molar-refractivity contribution in [3.05, 3.63) is 53.9 Å². The molecule has 2 aliphatic rings. The first kappa shape index (κ1) is 25.6. The van der Waals surface area contributed by atoms with Gasteiger partial charge in [-0.15, -0.1) is 24.0 Å². The Morgan fingerprint density at radius 2 is 1.85 bits per heavy atom. The van der Waals surface area contributed by atoms with E-state index in [0.717, 1.165) is 70.9 Å². The molecule has 0 amide bonds. The number of anilines is 1. The summed E-state index contributed by atoms with van der Waals surface area (Å²) in [6.07, 6.45) is 3.91. The zero-order chi connectivity index (χ0) is 22.2. The molecule has 0 bridgehead atoms. The number of halogens is 1. The molecule has 2 saturated heterocycles. The van der Waals surface area contributed by atoms with Crippen LogP contribution in [-0.4, -0.2) is 84.3 Å². The van der Waals surface area contributed by atoms with Gasteiger partial charge in [-0.1, -0.05) is 24.3 Å². The van der Waals surface area contributed by atoms with E-state index < -0.39 is 0 Å². The van der Waals surface area contributed by atoms with E-state index in [2.05, 4.69) is 68.1 Å². The van der Waals surface area contributed by atoms with Crippen LogP contribution in [0.25, 0.3) is 0 Å². The Bertz CT molecular complexity index is 874. The standard InChI is InChI=1S/C24H35N7O.HI/c1-3-25-23(30-10-12-31(13-11-30)24-26-8-5-9-27-24)28-17-21-6-4-7-22(16-21)19-29-14-15-32-20(2)18-29;/h4-9,16,20H,3,10-15,17-19H2,1-2H3,(H,25,28);1H. The summed E-state index contributed by atoms with van der Waals surface area (Å²) in [7, 11) is 0. The van der Waals surface area contributed by atoms with Gasteiger partial charge in [-0.3, -0.25) is 4.90 Å². The molecule has 0 spiro atoms. The van der Waals surface area contributed by atoms with Crippen LogP contribution in [0.5, 0.6) is 0 Å². The van der Waals surface area contributed by atoms with E-state index in [1.807, 2.05) is 6.07 Å². The molecular formula is C24H36IN7O. The quantitative estimate of drug-likeness (QED) is 0.328. The number of hydrogen-bond acceptors (Lipinski definition) is 6. The number of guanidine groups is 1. The molecule has 0 aliphatic carbocycles. The number of aliphatic imine (C=N–C) groups is 1. The van der Waals surface area contributed by atoms with Crippen molar-refractivity contribution in [2.75, 3.05) is 57.3 Å². The minimum Gasteiger partial charge on any atom is -0.376 e. The first-order valence-corrected chi connectivity index (χ1v) is 11.7. The summed E-state index contributed by atoms with van der Waals surface area (Å²) in [5.41, 5.74) is 2.59. The zero-order valence-electron chi connectivity index (χ0n) is 19.7. The van der Waals surface area contributed by atoms with Crippen molar-refractivity contribution >= 4 is 35.9 Å². The molecule has 0 saturated carbocycles. The predicted octanol–water partition coefficient (Wildman–Crippen LogP) is 2.60. The van der Waals surface area contributed by atoms with Gasteiger partial charge >= 0.3 is 0 Å². The maximum Gasteiger partial charge on any atom is 0.225 e. The van der Waals surface area contributed by atoms with E-state index in [1.54, 1.807) is 12.4 Å². The predicted molar refractivity (Wildman–Crippen MR) is 143 cm³/mol. The van der Waals surface area contributed by atoms with Gasteiger partial charge < -0.3 is 19.9 Å². The fraction of sp³-hybridized carbons (Fsp3) is 0.542. The SMILES string of the molecule is CCNC(=NCc1cccc(CN2CCOC(C)C2)c1)N1CCN(c2ncccn2)CC1.I. The van der Waals surface area contributed by atoms with Gasteiger partial charge in [-0.25, -0.2) is 15.0 Å². The van der Waals surface area contributed by atoms with Crippen molar-refractivity contribution in [3.8, 4) is 0 Å². The van der Waals surface area contributed by atoms with Crippen LogP contribution in [-0.2, 0) is 17.8 Å². The third-order valence-electron chi connectivity index (χ3n) is 5.88. The van der Waals surface area contributed by atoms with Gasteiger partial charge in [0.25, 0.3) is 0 Å². The normalized spacial score (nSPS) is 19.8. The van der Waals surface area contributed by atoms with Crippen LogP contribution in [0.3, 0.4) is 0 Å². The largest absolute Gasteiger partial charge is 0.376 e. The van der Waals surface area contributed by atoms with E-state index in [0.29, 0.717) is 12.6 Å². The number of nitrogens with zero attached hydrogens (tertiary/aromatic N) is 6. The first-order chi connectivity index (χ1) is 15.7.